The fraction of sp³-hybridized carbons (Fsp3) is 0.923. The van der Waals surface area contributed by atoms with Gasteiger partial charge in [0.2, 0.25) is 0 Å². The van der Waals surface area contributed by atoms with Crippen LogP contribution in [-0.2, 0) is 19.4 Å². The first-order valence-corrected chi connectivity index (χ1v) is 8.41. The van der Waals surface area contributed by atoms with Gasteiger partial charge in [0, 0.05) is 26.1 Å². The van der Waals surface area contributed by atoms with Crippen molar-refractivity contribution in [3.8, 4) is 0 Å². The van der Waals surface area contributed by atoms with E-state index in [2.05, 4.69) is 0 Å². The molecule has 0 saturated carbocycles. The number of carbonyl (C=O) groups is 1. The van der Waals surface area contributed by atoms with Crippen molar-refractivity contribution < 1.29 is 17.9 Å². The van der Waals surface area contributed by atoms with Crippen LogP contribution in [0.4, 0.5) is 0 Å². The predicted molar refractivity (Wildman–Crippen MR) is 69.2 cm³/mol. The molecule has 2 fully saturated rings. The fourth-order valence-corrected chi connectivity index (χ4v) is 5.80. The lowest BCUT2D eigenvalue weighted by atomic mass is 9.85. The summed E-state index contributed by atoms with van der Waals surface area (Å²) in [6, 6.07) is 0. The number of methoxy groups -OCH3 is 1. The Morgan fingerprint density at radius 3 is 2.39 bits per heavy atom. The minimum Gasteiger partial charge on any atom is -0.385 e. The third kappa shape index (κ3) is 2.77. The van der Waals surface area contributed by atoms with Gasteiger partial charge in [0.15, 0.2) is 9.84 Å². The second kappa shape index (κ2) is 5.70. The molecule has 0 amide bonds. The first-order chi connectivity index (χ1) is 8.55. The molecule has 2 aliphatic heterocycles. The van der Waals surface area contributed by atoms with Gasteiger partial charge in [-0.1, -0.05) is 6.42 Å². The molecule has 0 N–H and O–H groups in total. The molecule has 0 aliphatic carbocycles. The topological polar surface area (TPSA) is 60.4 Å². The minimum absolute atomic E-state index is 0.0271. The Bertz CT molecular complexity index is 381. The second-order valence-electron chi connectivity index (χ2n) is 5.49. The Morgan fingerprint density at radius 1 is 1.22 bits per heavy atom. The number of fused-ring (bicyclic) bond motifs is 2. The van der Waals surface area contributed by atoms with Crippen LogP contribution in [0, 0.1) is 5.92 Å². The van der Waals surface area contributed by atoms with Crippen LogP contribution in [0.3, 0.4) is 0 Å². The van der Waals surface area contributed by atoms with E-state index in [4.69, 9.17) is 4.74 Å². The third-order valence-electron chi connectivity index (χ3n) is 4.30. The Morgan fingerprint density at radius 2 is 1.83 bits per heavy atom. The molecule has 104 valence electrons. The highest BCUT2D eigenvalue weighted by molar-refractivity contribution is 7.92. The number of hydrogen-bond acceptors (Lipinski definition) is 4. The van der Waals surface area contributed by atoms with Crippen molar-refractivity contribution in [1.29, 1.82) is 0 Å². The number of rotatable bonds is 5. The van der Waals surface area contributed by atoms with E-state index in [9.17, 15) is 13.2 Å². The molecule has 0 aromatic carbocycles. The quantitative estimate of drug-likeness (QED) is 0.716. The van der Waals surface area contributed by atoms with E-state index < -0.39 is 9.84 Å². The molecular weight excluding hydrogens is 252 g/mol. The molecular formula is C13H22O4S. The summed E-state index contributed by atoms with van der Waals surface area (Å²) < 4.78 is 29.1. The van der Waals surface area contributed by atoms with E-state index in [-0.39, 0.29) is 22.2 Å². The summed E-state index contributed by atoms with van der Waals surface area (Å²) in [7, 11) is -1.31. The maximum Gasteiger partial charge on any atom is 0.156 e. The van der Waals surface area contributed by atoms with Gasteiger partial charge in [-0.2, -0.15) is 0 Å². The lowest BCUT2D eigenvalue weighted by Gasteiger charge is -2.38. The molecule has 0 radical (unpaired) electrons. The van der Waals surface area contributed by atoms with Crippen molar-refractivity contribution in [2.75, 3.05) is 13.7 Å². The van der Waals surface area contributed by atoms with Crippen LogP contribution in [0.2, 0.25) is 0 Å². The molecule has 2 saturated heterocycles. The van der Waals surface area contributed by atoms with Crippen LogP contribution in [0.25, 0.3) is 0 Å². The largest absolute Gasteiger partial charge is 0.385 e. The van der Waals surface area contributed by atoms with Gasteiger partial charge in [-0.05, 0) is 32.1 Å². The Labute approximate surface area is 109 Å². The molecule has 2 aliphatic rings. The van der Waals surface area contributed by atoms with Gasteiger partial charge < -0.3 is 4.74 Å². The molecule has 2 rings (SSSR count). The monoisotopic (exact) mass is 274 g/mol. The average Bonchev–Trinajstić information content (AvgIpc) is 2.27. The summed E-state index contributed by atoms with van der Waals surface area (Å²) in [5, 5.41) is -0.497. The van der Waals surface area contributed by atoms with Crippen molar-refractivity contribution in [1.82, 2.24) is 0 Å². The van der Waals surface area contributed by atoms with Crippen molar-refractivity contribution in [3.63, 3.8) is 0 Å². The molecule has 2 atom stereocenters. The zero-order valence-electron chi connectivity index (χ0n) is 10.9. The Kier molecular flexibility index (Phi) is 4.43. The normalized spacial score (nSPS) is 34.2. The molecule has 0 aromatic heterocycles. The van der Waals surface area contributed by atoms with Gasteiger partial charge in [-0.25, -0.2) is 8.42 Å². The minimum atomic E-state index is -2.93. The van der Waals surface area contributed by atoms with Gasteiger partial charge in [0.05, 0.1) is 10.5 Å². The smallest absolute Gasteiger partial charge is 0.156 e. The average molecular weight is 274 g/mol. The Hall–Kier alpha value is -0.420. The second-order valence-corrected chi connectivity index (χ2v) is 8.01. The van der Waals surface area contributed by atoms with Crippen LogP contribution in [0.5, 0.6) is 0 Å². The zero-order chi connectivity index (χ0) is 13.2. The predicted octanol–water partition coefficient (Wildman–Crippen LogP) is 1.73. The van der Waals surface area contributed by atoms with E-state index >= 15 is 0 Å². The van der Waals surface area contributed by atoms with Gasteiger partial charge in [-0.15, -0.1) is 0 Å². The lowest BCUT2D eigenvalue weighted by molar-refractivity contribution is -0.123. The first kappa shape index (κ1) is 14.0. The number of hydrogen-bond donors (Lipinski definition) is 0. The van der Waals surface area contributed by atoms with Crippen LogP contribution < -0.4 is 0 Å². The van der Waals surface area contributed by atoms with Crippen LogP contribution in [0.15, 0.2) is 0 Å². The number of Topliss-reactive ketones (excluding diaryl/α,β-unsaturated/α-hetero) is 1. The van der Waals surface area contributed by atoms with E-state index in [0.29, 0.717) is 25.9 Å². The van der Waals surface area contributed by atoms with E-state index in [1.807, 2.05) is 0 Å². The molecule has 0 spiro atoms. The molecule has 2 heterocycles. The fourth-order valence-electron chi connectivity index (χ4n) is 3.27. The maximum atomic E-state index is 12.1. The molecule has 4 nitrogen and oxygen atoms in total. The zero-order valence-corrected chi connectivity index (χ0v) is 11.7. The summed E-state index contributed by atoms with van der Waals surface area (Å²) in [4.78, 5) is 12.1. The van der Waals surface area contributed by atoms with Gasteiger partial charge in [0.1, 0.15) is 5.78 Å². The van der Waals surface area contributed by atoms with Gasteiger partial charge >= 0.3 is 0 Å². The van der Waals surface area contributed by atoms with Gasteiger partial charge in [-0.3, -0.25) is 4.79 Å². The molecule has 0 aromatic rings. The number of ketones is 1. The molecule has 18 heavy (non-hydrogen) atoms. The van der Waals surface area contributed by atoms with E-state index in [1.165, 1.54) is 0 Å². The lowest BCUT2D eigenvalue weighted by Crippen LogP contribution is -2.45. The van der Waals surface area contributed by atoms with Crippen molar-refractivity contribution in [3.05, 3.63) is 0 Å². The van der Waals surface area contributed by atoms with Crippen molar-refractivity contribution >= 4 is 15.6 Å². The summed E-state index contributed by atoms with van der Waals surface area (Å²) in [6.45, 7) is 0.601. The summed E-state index contributed by atoms with van der Waals surface area (Å²) in [5.74, 6) is 0.208. The summed E-state index contributed by atoms with van der Waals surface area (Å²) >= 11 is 0. The summed E-state index contributed by atoms with van der Waals surface area (Å²) in [6.07, 6.45) is 4.89. The van der Waals surface area contributed by atoms with Crippen molar-refractivity contribution in [2.24, 2.45) is 5.92 Å². The van der Waals surface area contributed by atoms with E-state index in [1.54, 1.807) is 7.11 Å². The molecule has 5 heteroatoms. The van der Waals surface area contributed by atoms with Crippen LogP contribution >= 0.6 is 0 Å². The maximum absolute atomic E-state index is 12.1. The van der Waals surface area contributed by atoms with Crippen LogP contribution in [0.1, 0.15) is 44.9 Å². The van der Waals surface area contributed by atoms with Gasteiger partial charge in [0.25, 0.3) is 0 Å². The standard InChI is InChI=1S/C13H22O4S/c1-17-7-3-6-13(14)10-8-11-4-2-5-12(9-10)18(11,15)16/h10-12H,2-9H2,1H3. The summed E-state index contributed by atoms with van der Waals surface area (Å²) in [5.41, 5.74) is 0. The van der Waals surface area contributed by atoms with E-state index in [0.717, 1.165) is 25.7 Å². The molecule has 2 unspecified atom stereocenters. The number of carbonyl (C=O) groups excluding carboxylic acids is 1. The highest BCUT2D eigenvalue weighted by atomic mass is 32.2. The first-order valence-electron chi connectivity index (χ1n) is 6.80. The molecule has 2 bridgehead atoms. The Balaban J connectivity index is 1.96. The SMILES string of the molecule is COCCCC(=O)C1CC2CCCC(C1)S2(=O)=O. The highest BCUT2D eigenvalue weighted by Gasteiger charge is 2.45. The van der Waals surface area contributed by atoms with Crippen LogP contribution in [-0.4, -0.2) is 38.4 Å². The van der Waals surface area contributed by atoms with Crippen molar-refractivity contribution in [2.45, 2.75) is 55.4 Å². The number of sulfone groups is 1. The highest BCUT2D eigenvalue weighted by Crippen LogP contribution is 2.40. The third-order valence-corrected chi connectivity index (χ3v) is 7.02. The number of ether oxygens (including phenoxy) is 1.